The Morgan fingerprint density at radius 3 is 2.62 bits per heavy atom. The molecule has 0 radical (unpaired) electrons. The van der Waals surface area contributed by atoms with E-state index in [1.807, 2.05) is 0 Å². The van der Waals surface area contributed by atoms with E-state index in [0.717, 1.165) is 12.1 Å². The molecule has 1 unspecified atom stereocenters. The second kappa shape index (κ2) is 5.44. The third-order valence-corrected chi connectivity index (χ3v) is 2.96. The summed E-state index contributed by atoms with van der Waals surface area (Å²) in [5, 5.41) is 19.3. The number of nitrogens with zero attached hydrogens (tertiary/aromatic N) is 4. The maximum Gasteiger partial charge on any atom is 0.417 e. The van der Waals surface area contributed by atoms with Gasteiger partial charge in [0.05, 0.1) is 23.2 Å². The SMILES string of the molecule is CC(Nc1ccc(C#N)c(C(F)(F)F)c1)c1nncn1C. The van der Waals surface area contributed by atoms with Gasteiger partial charge < -0.3 is 9.88 Å². The molecule has 0 spiro atoms. The van der Waals surface area contributed by atoms with Gasteiger partial charge in [-0.15, -0.1) is 10.2 Å². The first-order valence-corrected chi connectivity index (χ1v) is 6.04. The number of hydrogen-bond donors (Lipinski definition) is 1. The summed E-state index contributed by atoms with van der Waals surface area (Å²) in [6.45, 7) is 1.76. The van der Waals surface area contributed by atoms with E-state index in [1.54, 1.807) is 24.6 Å². The van der Waals surface area contributed by atoms with Crippen LogP contribution in [0.1, 0.15) is 29.9 Å². The molecule has 2 rings (SSSR count). The number of aromatic nitrogens is 3. The van der Waals surface area contributed by atoms with Crippen molar-refractivity contribution in [3.63, 3.8) is 0 Å². The highest BCUT2D eigenvalue weighted by molar-refractivity contribution is 5.53. The van der Waals surface area contributed by atoms with Crippen LogP contribution in [0.4, 0.5) is 18.9 Å². The number of hydrogen-bond acceptors (Lipinski definition) is 4. The molecular weight excluding hydrogens is 283 g/mol. The van der Waals surface area contributed by atoms with Crippen LogP contribution in [-0.4, -0.2) is 14.8 Å². The van der Waals surface area contributed by atoms with E-state index < -0.39 is 17.3 Å². The van der Waals surface area contributed by atoms with E-state index in [9.17, 15) is 13.2 Å². The predicted molar refractivity (Wildman–Crippen MR) is 69.2 cm³/mol. The standard InChI is InChI=1S/C13H12F3N5/c1-8(12-20-18-7-21(12)2)19-10-4-3-9(6-17)11(5-10)13(14,15)16/h3-5,7-8,19H,1-2H3. The molecule has 0 aliphatic rings. The van der Waals surface area contributed by atoms with Crippen LogP contribution in [0.2, 0.25) is 0 Å². The Hall–Kier alpha value is -2.56. The van der Waals surface area contributed by atoms with Crippen LogP contribution in [0, 0.1) is 11.3 Å². The fourth-order valence-electron chi connectivity index (χ4n) is 1.96. The van der Waals surface area contributed by atoms with E-state index in [1.165, 1.54) is 12.4 Å². The molecule has 0 fully saturated rings. The lowest BCUT2D eigenvalue weighted by atomic mass is 10.1. The molecule has 1 N–H and O–H groups in total. The molecule has 0 aliphatic carbocycles. The Labute approximate surface area is 119 Å². The third-order valence-electron chi connectivity index (χ3n) is 2.96. The van der Waals surface area contributed by atoms with Crippen LogP contribution in [0.3, 0.4) is 0 Å². The molecule has 0 bridgehead atoms. The van der Waals surface area contributed by atoms with Crippen LogP contribution >= 0.6 is 0 Å². The van der Waals surface area contributed by atoms with Gasteiger partial charge in [-0.05, 0) is 25.1 Å². The van der Waals surface area contributed by atoms with Gasteiger partial charge >= 0.3 is 6.18 Å². The van der Waals surface area contributed by atoms with Crippen molar-refractivity contribution in [1.29, 1.82) is 5.26 Å². The lowest BCUT2D eigenvalue weighted by molar-refractivity contribution is -0.137. The average molecular weight is 295 g/mol. The molecule has 1 aromatic heterocycles. The third kappa shape index (κ3) is 3.13. The van der Waals surface area contributed by atoms with Crippen LogP contribution in [0.15, 0.2) is 24.5 Å². The van der Waals surface area contributed by atoms with Gasteiger partial charge in [0.2, 0.25) is 0 Å². The van der Waals surface area contributed by atoms with Crippen LogP contribution in [0.5, 0.6) is 0 Å². The Kier molecular flexibility index (Phi) is 3.84. The highest BCUT2D eigenvalue weighted by Crippen LogP contribution is 2.34. The minimum absolute atomic E-state index is 0.261. The molecule has 0 saturated carbocycles. The minimum atomic E-state index is -4.57. The summed E-state index contributed by atoms with van der Waals surface area (Å²) in [5.41, 5.74) is -1.10. The normalized spacial score (nSPS) is 12.8. The fraction of sp³-hybridized carbons (Fsp3) is 0.308. The second-order valence-corrected chi connectivity index (χ2v) is 4.54. The Morgan fingerprint density at radius 2 is 2.10 bits per heavy atom. The van der Waals surface area contributed by atoms with Crippen molar-refractivity contribution in [2.75, 3.05) is 5.32 Å². The van der Waals surface area contributed by atoms with Gasteiger partial charge in [0.15, 0.2) is 5.82 Å². The van der Waals surface area contributed by atoms with Crippen molar-refractivity contribution >= 4 is 5.69 Å². The zero-order chi connectivity index (χ0) is 15.6. The summed E-state index contributed by atoms with van der Waals surface area (Å²) in [6.07, 6.45) is -3.07. The number of anilines is 1. The highest BCUT2D eigenvalue weighted by Gasteiger charge is 2.34. The van der Waals surface area contributed by atoms with E-state index >= 15 is 0 Å². The van der Waals surface area contributed by atoms with Crippen molar-refractivity contribution < 1.29 is 13.2 Å². The smallest absolute Gasteiger partial charge is 0.375 e. The Bertz CT molecular complexity index is 684. The molecule has 1 heterocycles. The molecule has 2 aromatic rings. The first kappa shape index (κ1) is 14.8. The van der Waals surface area contributed by atoms with Gasteiger partial charge in [-0.2, -0.15) is 18.4 Å². The van der Waals surface area contributed by atoms with Crippen molar-refractivity contribution in [2.45, 2.75) is 19.1 Å². The molecular formula is C13H12F3N5. The van der Waals surface area contributed by atoms with Crippen LogP contribution < -0.4 is 5.32 Å². The quantitative estimate of drug-likeness (QED) is 0.945. The number of benzene rings is 1. The first-order valence-electron chi connectivity index (χ1n) is 6.04. The fourth-order valence-corrected chi connectivity index (χ4v) is 1.96. The molecule has 1 atom stereocenters. The van der Waals surface area contributed by atoms with Crippen molar-refractivity contribution in [3.05, 3.63) is 41.5 Å². The summed E-state index contributed by atoms with van der Waals surface area (Å²) in [5.74, 6) is 0.591. The van der Waals surface area contributed by atoms with Gasteiger partial charge in [-0.3, -0.25) is 0 Å². The summed E-state index contributed by atoms with van der Waals surface area (Å²) in [7, 11) is 1.74. The van der Waals surface area contributed by atoms with Crippen LogP contribution in [0.25, 0.3) is 0 Å². The zero-order valence-electron chi connectivity index (χ0n) is 11.3. The van der Waals surface area contributed by atoms with E-state index in [0.29, 0.717) is 5.82 Å². The van der Waals surface area contributed by atoms with Gasteiger partial charge in [-0.1, -0.05) is 0 Å². The molecule has 5 nitrogen and oxygen atoms in total. The monoisotopic (exact) mass is 295 g/mol. The number of aryl methyl sites for hydroxylation is 1. The van der Waals surface area contributed by atoms with Crippen molar-refractivity contribution in [2.24, 2.45) is 7.05 Å². The van der Waals surface area contributed by atoms with Crippen LogP contribution in [-0.2, 0) is 13.2 Å². The number of nitrogens with one attached hydrogen (secondary N) is 1. The summed E-state index contributed by atoms with van der Waals surface area (Å²) in [6, 6.07) is 4.72. The van der Waals surface area contributed by atoms with E-state index in [2.05, 4.69) is 15.5 Å². The topological polar surface area (TPSA) is 66.5 Å². The van der Waals surface area contributed by atoms with E-state index in [4.69, 9.17) is 5.26 Å². The highest BCUT2D eigenvalue weighted by atomic mass is 19.4. The minimum Gasteiger partial charge on any atom is -0.375 e. The zero-order valence-corrected chi connectivity index (χ0v) is 11.3. The Balaban J connectivity index is 2.30. The summed E-state index contributed by atoms with van der Waals surface area (Å²) < 4.78 is 40.3. The number of rotatable bonds is 3. The average Bonchev–Trinajstić information content (AvgIpc) is 2.84. The lowest BCUT2D eigenvalue weighted by Crippen LogP contribution is -2.13. The molecule has 1 aromatic carbocycles. The number of alkyl halides is 3. The predicted octanol–water partition coefficient (Wildman–Crippen LogP) is 2.88. The molecule has 0 amide bonds. The van der Waals surface area contributed by atoms with Gasteiger partial charge in [0.1, 0.15) is 6.33 Å². The number of halogens is 3. The van der Waals surface area contributed by atoms with Gasteiger partial charge in [0, 0.05) is 12.7 Å². The van der Waals surface area contributed by atoms with Gasteiger partial charge in [-0.25, -0.2) is 0 Å². The summed E-state index contributed by atoms with van der Waals surface area (Å²) >= 11 is 0. The maximum absolute atomic E-state index is 12.9. The molecule has 0 aliphatic heterocycles. The molecule has 8 heteroatoms. The maximum atomic E-state index is 12.9. The largest absolute Gasteiger partial charge is 0.417 e. The summed E-state index contributed by atoms with van der Waals surface area (Å²) in [4.78, 5) is 0. The first-order chi connectivity index (χ1) is 9.82. The number of nitriles is 1. The van der Waals surface area contributed by atoms with Crippen molar-refractivity contribution in [3.8, 4) is 6.07 Å². The Morgan fingerprint density at radius 1 is 1.38 bits per heavy atom. The molecule has 21 heavy (non-hydrogen) atoms. The lowest BCUT2D eigenvalue weighted by Gasteiger charge is -2.16. The van der Waals surface area contributed by atoms with Crippen molar-refractivity contribution in [1.82, 2.24) is 14.8 Å². The van der Waals surface area contributed by atoms with Gasteiger partial charge in [0.25, 0.3) is 0 Å². The van der Waals surface area contributed by atoms with E-state index in [-0.39, 0.29) is 11.7 Å². The molecule has 110 valence electrons. The molecule has 0 saturated heterocycles. The second-order valence-electron chi connectivity index (χ2n) is 4.54.